The third-order valence-electron chi connectivity index (χ3n) is 7.67. The van der Waals surface area contributed by atoms with E-state index in [-0.39, 0.29) is 12.0 Å². The van der Waals surface area contributed by atoms with Gasteiger partial charge in [0.25, 0.3) is 0 Å². The number of piperazine rings is 1. The van der Waals surface area contributed by atoms with Gasteiger partial charge in [0.05, 0.1) is 44.2 Å². The number of piperidine rings is 1. The lowest BCUT2D eigenvalue weighted by molar-refractivity contribution is -0.123. The molecule has 12 heteroatoms. The minimum Gasteiger partial charge on any atom is -0.495 e. The van der Waals surface area contributed by atoms with Crippen molar-refractivity contribution in [3.05, 3.63) is 48.3 Å². The Kier molecular flexibility index (Phi) is 7.80. The predicted octanol–water partition coefficient (Wildman–Crippen LogP) is 2.34. The summed E-state index contributed by atoms with van der Waals surface area (Å²) in [6.45, 7) is 5.97. The number of carbonyl (C=O) groups excluding carboxylic acids is 1. The second kappa shape index (κ2) is 12.0. The van der Waals surface area contributed by atoms with Crippen LogP contribution in [-0.2, 0) is 9.53 Å². The summed E-state index contributed by atoms with van der Waals surface area (Å²) in [6.07, 6.45) is 2.28. The van der Waals surface area contributed by atoms with Gasteiger partial charge in [-0.25, -0.2) is 9.97 Å². The van der Waals surface area contributed by atoms with Gasteiger partial charge < -0.3 is 29.7 Å². The van der Waals surface area contributed by atoms with E-state index in [0.29, 0.717) is 54.1 Å². The molecule has 1 aromatic heterocycles. The summed E-state index contributed by atoms with van der Waals surface area (Å²) < 4.78 is 17.1. The maximum Gasteiger partial charge on any atom is 0.230 e. The molecule has 0 saturated carbocycles. The van der Waals surface area contributed by atoms with Gasteiger partial charge in [-0.1, -0.05) is 0 Å². The molecule has 0 radical (unpaired) electrons. The van der Waals surface area contributed by atoms with Crippen LogP contribution in [0.1, 0.15) is 18.4 Å². The van der Waals surface area contributed by atoms with Crippen LogP contribution in [0, 0.1) is 11.3 Å². The quantitative estimate of drug-likeness (QED) is 0.423. The Labute approximate surface area is 238 Å². The van der Waals surface area contributed by atoms with Crippen LogP contribution >= 0.6 is 0 Å². The van der Waals surface area contributed by atoms with Crippen molar-refractivity contribution in [2.24, 2.45) is 0 Å². The smallest absolute Gasteiger partial charge is 0.230 e. The molecule has 3 fully saturated rings. The van der Waals surface area contributed by atoms with Crippen molar-refractivity contribution in [3.63, 3.8) is 0 Å². The highest BCUT2D eigenvalue weighted by atomic mass is 16.5. The van der Waals surface area contributed by atoms with Crippen LogP contribution in [0.4, 0.5) is 17.3 Å². The van der Waals surface area contributed by atoms with Crippen LogP contribution in [0.3, 0.4) is 0 Å². The molecule has 4 heterocycles. The first-order chi connectivity index (χ1) is 20.1. The summed E-state index contributed by atoms with van der Waals surface area (Å²) in [4.78, 5) is 29.4. The van der Waals surface area contributed by atoms with E-state index < -0.39 is 0 Å². The number of nitriles is 1. The zero-order valence-corrected chi connectivity index (χ0v) is 22.9. The number of methoxy groups -OCH3 is 1. The number of aromatic nitrogens is 3. The molecule has 2 N–H and O–H groups in total. The molecule has 3 aliphatic heterocycles. The van der Waals surface area contributed by atoms with Gasteiger partial charge >= 0.3 is 0 Å². The van der Waals surface area contributed by atoms with E-state index in [1.165, 1.54) is 6.33 Å². The molecule has 12 nitrogen and oxygen atoms in total. The molecule has 2 aromatic carbocycles. The van der Waals surface area contributed by atoms with Gasteiger partial charge in [0, 0.05) is 49.9 Å². The fraction of sp³-hybridized carbons (Fsp3) is 0.414. The normalized spacial score (nSPS) is 19.6. The first-order valence-electron chi connectivity index (χ1n) is 13.8. The fourth-order valence-electron chi connectivity index (χ4n) is 5.25. The van der Waals surface area contributed by atoms with E-state index in [1.807, 2.05) is 18.2 Å². The van der Waals surface area contributed by atoms with Crippen LogP contribution < -0.4 is 25.0 Å². The van der Waals surface area contributed by atoms with E-state index in [9.17, 15) is 10.1 Å². The number of nitrogens with one attached hydrogen (secondary N) is 2. The summed E-state index contributed by atoms with van der Waals surface area (Å²) in [5.74, 6) is 2.06. The third kappa shape index (κ3) is 6.01. The first kappa shape index (κ1) is 26.7. The molecule has 1 unspecified atom stereocenters. The highest BCUT2D eigenvalue weighted by molar-refractivity contribution is 5.76. The summed E-state index contributed by atoms with van der Waals surface area (Å²) in [5, 5.41) is 15.8. The molecule has 3 aliphatic rings. The second-order valence-corrected chi connectivity index (χ2v) is 10.3. The van der Waals surface area contributed by atoms with E-state index in [0.717, 1.165) is 56.5 Å². The molecule has 1 atom stereocenters. The van der Waals surface area contributed by atoms with Crippen molar-refractivity contribution < 1.29 is 19.0 Å². The second-order valence-electron chi connectivity index (χ2n) is 10.3. The Bertz CT molecular complexity index is 1440. The zero-order chi connectivity index (χ0) is 28.2. The number of anilines is 3. The molecular formula is C29H32N8O4. The lowest BCUT2D eigenvalue weighted by Gasteiger charge is -2.43. The lowest BCUT2D eigenvalue weighted by atomic mass is 10.1. The van der Waals surface area contributed by atoms with E-state index >= 15 is 0 Å². The minimum atomic E-state index is -0.172. The highest BCUT2D eigenvalue weighted by Crippen LogP contribution is 2.33. The fourth-order valence-corrected chi connectivity index (χ4v) is 5.25. The Morgan fingerprint density at radius 2 is 1.95 bits per heavy atom. The van der Waals surface area contributed by atoms with E-state index in [4.69, 9.17) is 14.2 Å². The summed E-state index contributed by atoms with van der Waals surface area (Å²) in [5.41, 5.74) is 2.88. The molecule has 0 bridgehead atoms. The lowest BCUT2D eigenvalue weighted by Crippen LogP contribution is -2.56. The van der Waals surface area contributed by atoms with Gasteiger partial charge in [-0.2, -0.15) is 10.2 Å². The number of rotatable bonds is 8. The Balaban J connectivity index is 1.13. The molecular weight excluding hydrogens is 524 g/mol. The Morgan fingerprint density at radius 1 is 1.10 bits per heavy atom. The van der Waals surface area contributed by atoms with Crippen molar-refractivity contribution in [1.82, 2.24) is 25.2 Å². The van der Waals surface area contributed by atoms with Gasteiger partial charge in [0.15, 0.2) is 5.82 Å². The van der Waals surface area contributed by atoms with Crippen LogP contribution in [-0.4, -0.2) is 91.0 Å². The van der Waals surface area contributed by atoms with Crippen molar-refractivity contribution in [1.29, 1.82) is 5.26 Å². The molecule has 3 saturated heterocycles. The van der Waals surface area contributed by atoms with Gasteiger partial charge in [0.1, 0.15) is 30.0 Å². The maximum atomic E-state index is 11.4. The highest BCUT2D eigenvalue weighted by Gasteiger charge is 2.29. The standard InChI is InChI=1S/C29H32N8O4/c1-39-26-13-21(3-5-24(26)37-10-8-36(9-11-37)22-16-40-17-22)34-29-33-18-32-28(35-29)19-2-6-25(20(12-19)14-30)41-23-4-7-27(38)31-15-23/h2-3,5-6,12-13,18,22-23H,4,7-11,15-17H2,1H3,(H,31,38)(H,32,33,34,35). The van der Waals surface area contributed by atoms with Crippen molar-refractivity contribution in [3.8, 4) is 29.0 Å². The number of carbonyl (C=O) groups is 1. The molecule has 41 heavy (non-hydrogen) atoms. The zero-order valence-electron chi connectivity index (χ0n) is 22.9. The summed E-state index contributed by atoms with van der Waals surface area (Å²) in [6, 6.07) is 14.0. The summed E-state index contributed by atoms with van der Waals surface area (Å²) >= 11 is 0. The van der Waals surface area contributed by atoms with Crippen molar-refractivity contribution >= 4 is 23.2 Å². The first-order valence-corrected chi connectivity index (χ1v) is 13.8. The largest absolute Gasteiger partial charge is 0.495 e. The monoisotopic (exact) mass is 556 g/mol. The predicted molar refractivity (Wildman–Crippen MR) is 151 cm³/mol. The Morgan fingerprint density at radius 3 is 2.66 bits per heavy atom. The molecule has 1 amide bonds. The number of hydrogen-bond acceptors (Lipinski definition) is 11. The van der Waals surface area contributed by atoms with Crippen LogP contribution in [0.5, 0.6) is 11.5 Å². The average molecular weight is 557 g/mol. The SMILES string of the molecule is COc1cc(Nc2ncnc(-c3ccc(OC4CCC(=O)NC4)c(C#N)c3)n2)ccc1N1CCN(C2COC2)CC1. The number of amides is 1. The topological polar surface area (TPSA) is 138 Å². The number of nitrogens with zero attached hydrogens (tertiary/aromatic N) is 6. The van der Waals surface area contributed by atoms with Crippen molar-refractivity contribution in [2.75, 3.05) is 63.3 Å². The van der Waals surface area contributed by atoms with Gasteiger partial charge in [-0.15, -0.1) is 0 Å². The van der Waals surface area contributed by atoms with E-state index in [1.54, 1.807) is 19.2 Å². The van der Waals surface area contributed by atoms with Gasteiger partial charge in [0.2, 0.25) is 11.9 Å². The number of benzene rings is 2. The van der Waals surface area contributed by atoms with Gasteiger partial charge in [-0.05, 0) is 36.8 Å². The molecule has 3 aromatic rings. The maximum absolute atomic E-state index is 11.4. The van der Waals surface area contributed by atoms with Crippen LogP contribution in [0.25, 0.3) is 11.4 Å². The average Bonchev–Trinajstić information content (AvgIpc) is 2.98. The molecule has 212 valence electrons. The summed E-state index contributed by atoms with van der Waals surface area (Å²) in [7, 11) is 1.68. The van der Waals surface area contributed by atoms with Gasteiger partial charge in [-0.3, -0.25) is 9.69 Å². The van der Waals surface area contributed by atoms with Crippen molar-refractivity contribution in [2.45, 2.75) is 25.0 Å². The molecule has 0 spiro atoms. The molecule has 6 rings (SSSR count). The third-order valence-corrected chi connectivity index (χ3v) is 7.67. The van der Waals surface area contributed by atoms with Crippen LogP contribution in [0.2, 0.25) is 0 Å². The number of hydrogen-bond donors (Lipinski definition) is 2. The number of ether oxygens (including phenoxy) is 3. The van der Waals surface area contributed by atoms with Crippen LogP contribution in [0.15, 0.2) is 42.7 Å². The Hall–Kier alpha value is -4.47. The molecule has 0 aliphatic carbocycles. The van der Waals surface area contributed by atoms with E-state index in [2.05, 4.69) is 47.5 Å². The minimum absolute atomic E-state index is 0.0168.